The molecular formula is C21H13N5. The average molecular weight is 335 g/mol. The molecule has 0 aliphatic rings. The molecule has 2 aromatic carbocycles. The molecule has 0 aliphatic heterocycles. The Kier molecular flexibility index (Phi) is 2.55. The maximum Gasteiger partial charge on any atom is 0.167 e. The molecule has 122 valence electrons. The molecule has 4 heterocycles. The number of pyridine rings is 1. The van der Waals surface area contributed by atoms with E-state index in [1.165, 1.54) is 0 Å². The van der Waals surface area contributed by atoms with Gasteiger partial charge in [0.25, 0.3) is 0 Å². The summed E-state index contributed by atoms with van der Waals surface area (Å²) in [6.45, 7) is 0. The Morgan fingerprint density at radius 1 is 0.692 bits per heavy atom. The lowest BCUT2D eigenvalue weighted by molar-refractivity contribution is 1.14. The second-order valence-electron chi connectivity index (χ2n) is 6.30. The zero-order chi connectivity index (χ0) is 17.1. The van der Waals surface area contributed by atoms with Gasteiger partial charge in [0.1, 0.15) is 17.0 Å². The first-order valence-electron chi connectivity index (χ1n) is 8.48. The van der Waals surface area contributed by atoms with Crippen LogP contribution in [0.25, 0.3) is 44.7 Å². The molecule has 0 radical (unpaired) electrons. The molecule has 0 amide bonds. The second-order valence-corrected chi connectivity index (χ2v) is 6.30. The van der Waals surface area contributed by atoms with Crippen LogP contribution in [-0.2, 0) is 0 Å². The van der Waals surface area contributed by atoms with Crippen molar-refractivity contribution >= 4 is 33.2 Å². The van der Waals surface area contributed by atoms with Crippen molar-refractivity contribution < 1.29 is 0 Å². The van der Waals surface area contributed by atoms with Crippen molar-refractivity contribution in [3.8, 4) is 11.5 Å². The van der Waals surface area contributed by atoms with Crippen molar-refractivity contribution in [1.29, 1.82) is 0 Å². The number of para-hydroxylation sites is 3. The van der Waals surface area contributed by atoms with E-state index in [4.69, 9.17) is 15.0 Å². The topological polar surface area (TPSA) is 47.5 Å². The van der Waals surface area contributed by atoms with Crippen LogP contribution in [0.3, 0.4) is 0 Å². The third kappa shape index (κ3) is 1.77. The molecule has 6 aromatic rings. The van der Waals surface area contributed by atoms with Crippen LogP contribution in [-0.4, -0.2) is 23.8 Å². The Labute approximate surface area is 148 Å². The minimum atomic E-state index is 0.802. The van der Waals surface area contributed by atoms with E-state index in [2.05, 4.69) is 16.5 Å². The lowest BCUT2D eigenvalue weighted by Crippen LogP contribution is -1.98. The minimum absolute atomic E-state index is 0.802. The maximum atomic E-state index is 4.94. The number of benzene rings is 2. The van der Waals surface area contributed by atoms with Crippen LogP contribution in [0.4, 0.5) is 0 Å². The zero-order valence-corrected chi connectivity index (χ0v) is 13.7. The SMILES string of the molecule is c1ccc2c(c1)nc(-c1cn3ccccc3n1)n1c3ccccc3nc21. The fourth-order valence-corrected chi connectivity index (χ4v) is 3.56. The quantitative estimate of drug-likeness (QED) is 0.449. The summed E-state index contributed by atoms with van der Waals surface area (Å²) >= 11 is 0. The number of imidazole rings is 2. The molecule has 5 nitrogen and oxygen atoms in total. The number of aromatic nitrogens is 5. The molecule has 0 fully saturated rings. The first-order valence-corrected chi connectivity index (χ1v) is 8.48. The summed E-state index contributed by atoms with van der Waals surface area (Å²) in [5.41, 5.74) is 5.54. The predicted octanol–water partition coefficient (Wildman–Crippen LogP) is 4.35. The van der Waals surface area contributed by atoms with Crippen LogP contribution in [0.1, 0.15) is 0 Å². The van der Waals surface area contributed by atoms with Crippen LogP contribution in [0, 0.1) is 0 Å². The molecule has 0 atom stereocenters. The largest absolute Gasteiger partial charge is 0.306 e. The number of hydrogen-bond donors (Lipinski definition) is 0. The van der Waals surface area contributed by atoms with Gasteiger partial charge in [-0.3, -0.25) is 4.40 Å². The van der Waals surface area contributed by atoms with Crippen LogP contribution in [0.15, 0.2) is 79.1 Å². The van der Waals surface area contributed by atoms with E-state index in [-0.39, 0.29) is 0 Å². The Bertz CT molecular complexity index is 1410. The van der Waals surface area contributed by atoms with E-state index in [1.54, 1.807) is 0 Å². The van der Waals surface area contributed by atoms with Crippen LogP contribution < -0.4 is 0 Å². The Morgan fingerprint density at radius 2 is 1.50 bits per heavy atom. The lowest BCUT2D eigenvalue weighted by atomic mass is 10.2. The van der Waals surface area contributed by atoms with Crippen molar-refractivity contribution in [1.82, 2.24) is 23.8 Å². The minimum Gasteiger partial charge on any atom is -0.306 e. The first kappa shape index (κ1) is 13.5. The van der Waals surface area contributed by atoms with Gasteiger partial charge in [-0.05, 0) is 36.4 Å². The van der Waals surface area contributed by atoms with Gasteiger partial charge < -0.3 is 4.40 Å². The number of rotatable bonds is 1. The summed E-state index contributed by atoms with van der Waals surface area (Å²) in [5.74, 6) is 0.802. The highest BCUT2D eigenvalue weighted by molar-refractivity contribution is 5.98. The molecule has 0 unspecified atom stereocenters. The normalized spacial score (nSPS) is 11.8. The van der Waals surface area contributed by atoms with E-state index in [0.717, 1.165) is 44.7 Å². The highest BCUT2D eigenvalue weighted by atomic mass is 15.1. The Morgan fingerprint density at radius 3 is 2.42 bits per heavy atom. The standard InChI is InChI=1S/C21H13N5/c1-2-8-15-14(7-1)20-24-16-9-3-4-10-18(16)26(20)21(23-15)17-13-25-12-6-5-11-19(25)22-17/h1-13H. The summed E-state index contributed by atoms with van der Waals surface area (Å²) in [4.78, 5) is 14.6. The van der Waals surface area contributed by atoms with Crippen molar-refractivity contribution in [2.45, 2.75) is 0 Å². The van der Waals surface area contributed by atoms with Crippen molar-refractivity contribution in [3.05, 3.63) is 79.1 Å². The fraction of sp³-hybridized carbons (Fsp3) is 0. The second kappa shape index (κ2) is 4.89. The zero-order valence-electron chi connectivity index (χ0n) is 13.7. The first-order chi connectivity index (χ1) is 12.9. The smallest absolute Gasteiger partial charge is 0.167 e. The molecule has 0 N–H and O–H groups in total. The van der Waals surface area contributed by atoms with Gasteiger partial charge in [-0.25, -0.2) is 15.0 Å². The van der Waals surface area contributed by atoms with E-state index < -0.39 is 0 Å². The van der Waals surface area contributed by atoms with Gasteiger partial charge in [0, 0.05) is 17.8 Å². The summed E-state index contributed by atoms with van der Waals surface area (Å²) in [6, 6.07) is 22.2. The molecule has 0 saturated heterocycles. The van der Waals surface area contributed by atoms with Gasteiger partial charge in [-0.2, -0.15) is 0 Å². The van der Waals surface area contributed by atoms with Crippen molar-refractivity contribution in [2.24, 2.45) is 0 Å². The molecule has 6 rings (SSSR count). The molecule has 0 bridgehead atoms. The third-order valence-corrected chi connectivity index (χ3v) is 4.74. The van der Waals surface area contributed by atoms with Gasteiger partial charge >= 0.3 is 0 Å². The Balaban J connectivity index is 1.83. The van der Waals surface area contributed by atoms with E-state index in [9.17, 15) is 0 Å². The monoisotopic (exact) mass is 335 g/mol. The van der Waals surface area contributed by atoms with E-state index in [0.29, 0.717) is 0 Å². The van der Waals surface area contributed by atoms with Gasteiger partial charge in [0.05, 0.1) is 16.6 Å². The van der Waals surface area contributed by atoms with Gasteiger partial charge in [-0.1, -0.05) is 30.3 Å². The lowest BCUT2D eigenvalue weighted by Gasteiger charge is -2.06. The van der Waals surface area contributed by atoms with Gasteiger partial charge in [-0.15, -0.1) is 0 Å². The molecule has 5 heteroatoms. The highest BCUT2D eigenvalue weighted by Gasteiger charge is 2.16. The van der Waals surface area contributed by atoms with Crippen molar-refractivity contribution in [2.75, 3.05) is 0 Å². The average Bonchev–Trinajstić information content (AvgIpc) is 3.29. The number of fused-ring (bicyclic) bond motifs is 6. The number of hydrogen-bond acceptors (Lipinski definition) is 3. The summed E-state index contributed by atoms with van der Waals surface area (Å²) in [7, 11) is 0. The van der Waals surface area contributed by atoms with Crippen LogP contribution in [0.5, 0.6) is 0 Å². The third-order valence-electron chi connectivity index (χ3n) is 4.74. The van der Waals surface area contributed by atoms with E-state index >= 15 is 0 Å². The molecule has 0 aliphatic carbocycles. The van der Waals surface area contributed by atoms with Gasteiger partial charge in [0.2, 0.25) is 0 Å². The predicted molar refractivity (Wildman–Crippen MR) is 102 cm³/mol. The maximum absolute atomic E-state index is 4.94. The molecular weight excluding hydrogens is 322 g/mol. The molecule has 26 heavy (non-hydrogen) atoms. The Hall–Kier alpha value is -3.73. The summed E-state index contributed by atoms with van der Waals surface area (Å²) in [6.07, 6.45) is 4.01. The van der Waals surface area contributed by atoms with Crippen LogP contribution >= 0.6 is 0 Å². The number of nitrogens with zero attached hydrogens (tertiary/aromatic N) is 5. The molecule has 0 saturated carbocycles. The summed E-state index contributed by atoms with van der Waals surface area (Å²) in [5, 5.41) is 1.04. The molecule has 0 spiro atoms. The fourth-order valence-electron chi connectivity index (χ4n) is 3.56. The highest BCUT2D eigenvalue weighted by Crippen LogP contribution is 2.29. The summed E-state index contributed by atoms with van der Waals surface area (Å²) < 4.78 is 4.12. The van der Waals surface area contributed by atoms with E-state index in [1.807, 2.05) is 71.4 Å². The van der Waals surface area contributed by atoms with Crippen molar-refractivity contribution in [3.63, 3.8) is 0 Å². The van der Waals surface area contributed by atoms with Gasteiger partial charge in [0.15, 0.2) is 5.82 Å². The van der Waals surface area contributed by atoms with Crippen LogP contribution in [0.2, 0.25) is 0 Å². The molecule has 4 aromatic heterocycles.